The fourth-order valence-corrected chi connectivity index (χ4v) is 4.54. The molecule has 1 heterocycles. The van der Waals surface area contributed by atoms with Gasteiger partial charge in [0.15, 0.2) is 5.13 Å². The fraction of sp³-hybridized carbons (Fsp3) is 0.227. The number of benzene rings is 2. The van der Waals surface area contributed by atoms with Crippen LogP contribution in [0.15, 0.2) is 60.1 Å². The molecule has 1 aromatic heterocycles. The quantitative estimate of drug-likeness (QED) is 0.567. The predicted molar refractivity (Wildman–Crippen MR) is 117 cm³/mol. The number of thiazole rings is 1. The summed E-state index contributed by atoms with van der Waals surface area (Å²) in [5, 5.41) is 8.76. The molecule has 0 radical (unpaired) electrons. The van der Waals surface area contributed by atoms with E-state index in [0.29, 0.717) is 21.4 Å². The number of rotatable bonds is 5. The largest absolute Gasteiger partial charge is 0.325 e. The maximum absolute atomic E-state index is 13.2. The Morgan fingerprint density at radius 3 is 2.45 bits per heavy atom. The zero-order valence-electron chi connectivity index (χ0n) is 15.7. The minimum atomic E-state index is -0.564. The van der Waals surface area contributed by atoms with E-state index < -0.39 is 5.41 Å². The Morgan fingerprint density at radius 1 is 1.03 bits per heavy atom. The van der Waals surface area contributed by atoms with Crippen molar-refractivity contribution in [2.75, 3.05) is 10.6 Å². The van der Waals surface area contributed by atoms with E-state index in [1.807, 2.05) is 24.3 Å². The normalized spacial score (nSPS) is 15.1. The highest BCUT2D eigenvalue weighted by Crippen LogP contribution is 2.42. The molecular formula is C22H20ClN3O2S. The van der Waals surface area contributed by atoms with Crippen LogP contribution in [-0.4, -0.2) is 16.8 Å². The Balaban J connectivity index is 1.49. The van der Waals surface area contributed by atoms with Gasteiger partial charge in [0.1, 0.15) is 0 Å². The first-order valence-corrected chi connectivity index (χ1v) is 10.7. The van der Waals surface area contributed by atoms with Gasteiger partial charge in [0.2, 0.25) is 5.91 Å². The summed E-state index contributed by atoms with van der Waals surface area (Å²) >= 11 is 7.54. The van der Waals surface area contributed by atoms with Gasteiger partial charge in [-0.3, -0.25) is 14.9 Å². The molecule has 7 heteroatoms. The van der Waals surface area contributed by atoms with E-state index in [4.69, 9.17) is 11.6 Å². The van der Waals surface area contributed by atoms with Crippen LogP contribution < -0.4 is 10.6 Å². The molecule has 2 N–H and O–H groups in total. The van der Waals surface area contributed by atoms with Crippen LogP contribution in [0, 0.1) is 0 Å². The molecule has 3 aromatic rings. The van der Waals surface area contributed by atoms with Crippen LogP contribution in [0.25, 0.3) is 0 Å². The van der Waals surface area contributed by atoms with Gasteiger partial charge in [-0.05, 0) is 54.8 Å². The molecule has 1 aliphatic carbocycles. The maximum atomic E-state index is 13.2. The third-order valence-corrected chi connectivity index (χ3v) is 6.25. The van der Waals surface area contributed by atoms with Crippen LogP contribution in [0.1, 0.15) is 41.6 Å². The van der Waals surface area contributed by atoms with Crippen molar-refractivity contribution in [1.82, 2.24) is 4.98 Å². The zero-order chi connectivity index (χ0) is 20.3. The number of carbonyl (C=O) groups excluding carboxylic acids is 2. The maximum Gasteiger partial charge on any atom is 0.257 e. The molecule has 1 fully saturated rings. The molecule has 0 bridgehead atoms. The lowest BCUT2D eigenvalue weighted by Gasteiger charge is -2.28. The van der Waals surface area contributed by atoms with Crippen molar-refractivity contribution in [2.45, 2.75) is 31.1 Å². The minimum Gasteiger partial charge on any atom is -0.325 e. The van der Waals surface area contributed by atoms with Crippen LogP contribution in [0.5, 0.6) is 0 Å². The Kier molecular flexibility index (Phi) is 5.65. The highest BCUT2D eigenvalue weighted by atomic mass is 35.5. The summed E-state index contributed by atoms with van der Waals surface area (Å²) in [6, 6.07) is 14.5. The van der Waals surface area contributed by atoms with Crippen molar-refractivity contribution in [1.29, 1.82) is 0 Å². The average molecular weight is 426 g/mol. The molecule has 2 aromatic carbocycles. The summed E-state index contributed by atoms with van der Waals surface area (Å²) in [5.74, 6) is -0.263. The molecule has 5 nitrogen and oxygen atoms in total. The number of nitrogens with one attached hydrogen (secondary N) is 2. The van der Waals surface area contributed by atoms with Crippen LogP contribution in [0.3, 0.4) is 0 Å². The van der Waals surface area contributed by atoms with Gasteiger partial charge in [0, 0.05) is 27.9 Å². The first kappa shape index (κ1) is 19.6. The first-order chi connectivity index (χ1) is 14.1. The molecule has 0 saturated heterocycles. The number of hydrogen-bond acceptors (Lipinski definition) is 4. The van der Waals surface area contributed by atoms with E-state index in [0.717, 1.165) is 31.2 Å². The average Bonchev–Trinajstić information content (AvgIpc) is 3.41. The molecule has 1 aliphatic rings. The van der Waals surface area contributed by atoms with E-state index in [1.165, 1.54) is 11.3 Å². The molecule has 0 aliphatic heterocycles. The van der Waals surface area contributed by atoms with E-state index in [9.17, 15) is 9.59 Å². The number of halogens is 1. The number of amides is 2. The Bertz CT molecular complexity index is 1010. The van der Waals surface area contributed by atoms with Gasteiger partial charge in [-0.2, -0.15) is 0 Å². The molecule has 29 heavy (non-hydrogen) atoms. The topological polar surface area (TPSA) is 71.1 Å². The van der Waals surface area contributed by atoms with E-state index >= 15 is 0 Å². The molecular weight excluding hydrogens is 406 g/mol. The second-order valence-electron chi connectivity index (χ2n) is 7.12. The molecule has 0 atom stereocenters. The summed E-state index contributed by atoms with van der Waals surface area (Å²) in [4.78, 5) is 29.6. The van der Waals surface area contributed by atoms with Gasteiger partial charge in [-0.25, -0.2) is 4.98 Å². The fourth-order valence-electron chi connectivity index (χ4n) is 3.82. The van der Waals surface area contributed by atoms with Gasteiger partial charge in [0.05, 0.1) is 5.41 Å². The van der Waals surface area contributed by atoms with E-state index in [1.54, 1.807) is 35.8 Å². The number of hydrogen-bond donors (Lipinski definition) is 2. The second-order valence-corrected chi connectivity index (χ2v) is 8.45. The summed E-state index contributed by atoms with van der Waals surface area (Å²) in [7, 11) is 0. The number of carbonyl (C=O) groups is 2. The second kappa shape index (κ2) is 8.35. The molecule has 4 rings (SSSR count). The standard InChI is InChI=1S/C22H20ClN3O2S/c23-17-5-3-4-16(14-17)22(10-1-2-11-22)20(28)25-18-8-6-15(7-9-18)19(27)26-21-24-12-13-29-21/h3-9,12-14H,1-2,10-11H2,(H,25,28)(H,24,26,27). The molecule has 0 unspecified atom stereocenters. The Labute approximate surface area is 178 Å². The van der Waals surface area contributed by atoms with Gasteiger partial charge >= 0.3 is 0 Å². The molecule has 2 amide bonds. The molecule has 0 spiro atoms. The number of anilines is 2. The monoisotopic (exact) mass is 425 g/mol. The van der Waals surface area contributed by atoms with Gasteiger partial charge < -0.3 is 5.32 Å². The lowest BCUT2D eigenvalue weighted by atomic mass is 9.78. The molecule has 1 saturated carbocycles. The third-order valence-electron chi connectivity index (χ3n) is 5.33. The minimum absolute atomic E-state index is 0.0303. The third kappa shape index (κ3) is 4.18. The Hall–Kier alpha value is -2.70. The summed E-state index contributed by atoms with van der Waals surface area (Å²) in [6.07, 6.45) is 5.25. The van der Waals surface area contributed by atoms with E-state index in [-0.39, 0.29) is 11.8 Å². The first-order valence-electron chi connectivity index (χ1n) is 9.45. The summed E-state index contributed by atoms with van der Waals surface area (Å²) in [6.45, 7) is 0. The van der Waals surface area contributed by atoms with Crippen molar-refractivity contribution in [3.63, 3.8) is 0 Å². The highest BCUT2D eigenvalue weighted by molar-refractivity contribution is 7.13. The highest BCUT2D eigenvalue weighted by Gasteiger charge is 2.42. The summed E-state index contributed by atoms with van der Waals surface area (Å²) < 4.78 is 0. The Morgan fingerprint density at radius 2 is 1.79 bits per heavy atom. The van der Waals surface area contributed by atoms with Crippen molar-refractivity contribution < 1.29 is 9.59 Å². The van der Waals surface area contributed by atoms with Crippen molar-refractivity contribution in [3.8, 4) is 0 Å². The smallest absolute Gasteiger partial charge is 0.257 e. The number of nitrogens with zero attached hydrogens (tertiary/aromatic N) is 1. The van der Waals surface area contributed by atoms with E-state index in [2.05, 4.69) is 15.6 Å². The lowest BCUT2D eigenvalue weighted by molar-refractivity contribution is -0.121. The van der Waals surface area contributed by atoms with Crippen molar-refractivity contribution >= 4 is 45.6 Å². The number of aromatic nitrogens is 1. The lowest BCUT2D eigenvalue weighted by Crippen LogP contribution is -2.38. The van der Waals surface area contributed by atoms with Crippen molar-refractivity contribution in [2.24, 2.45) is 0 Å². The van der Waals surface area contributed by atoms with Gasteiger partial charge in [-0.15, -0.1) is 11.3 Å². The van der Waals surface area contributed by atoms with Gasteiger partial charge in [-0.1, -0.05) is 36.6 Å². The molecule has 148 valence electrons. The van der Waals surface area contributed by atoms with Gasteiger partial charge in [0.25, 0.3) is 5.91 Å². The zero-order valence-corrected chi connectivity index (χ0v) is 17.2. The predicted octanol–water partition coefficient (Wildman–Crippen LogP) is 5.50. The van der Waals surface area contributed by atoms with Crippen LogP contribution in [0.2, 0.25) is 5.02 Å². The van der Waals surface area contributed by atoms with Crippen LogP contribution in [-0.2, 0) is 10.2 Å². The van der Waals surface area contributed by atoms with Crippen LogP contribution in [0.4, 0.5) is 10.8 Å². The summed E-state index contributed by atoms with van der Waals surface area (Å²) in [5.41, 5.74) is 1.56. The van der Waals surface area contributed by atoms with Crippen LogP contribution >= 0.6 is 22.9 Å². The SMILES string of the molecule is O=C(Nc1nccs1)c1ccc(NC(=O)C2(c3cccc(Cl)c3)CCCC2)cc1. The van der Waals surface area contributed by atoms with Crippen molar-refractivity contribution in [3.05, 3.63) is 76.3 Å².